The highest BCUT2D eigenvalue weighted by Gasteiger charge is 2.12. The van der Waals surface area contributed by atoms with Gasteiger partial charge in [0, 0.05) is 7.11 Å². The molecule has 0 spiro atoms. The topological polar surface area (TPSA) is 38.3 Å². The van der Waals surface area contributed by atoms with Gasteiger partial charge >= 0.3 is 0 Å². The molecule has 0 heterocycles. The average molecular weight is 191 g/mol. The minimum absolute atomic E-state index is 0.0396. The summed E-state index contributed by atoms with van der Waals surface area (Å²) in [7, 11) is 1.62. The van der Waals surface area contributed by atoms with Crippen molar-refractivity contribution in [3.63, 3.8) is 0 Å². The van der Waals surface area contributed by atoms with Gasteiger partial charge in [-0.3, -0.25) is 4.79 Å². The zero-order chi connectivity index (χ0) is 9.56. The van der Waals surface area contributed by atoms with Crippen LogP contribution in [-0.2, 0) is 9.53 Å². The number of rotatable bonds is 5. The molecule has 3 nitrogen and oxygen atoms in total. The molecule has 1 N–H and O–H groups in total. The lowest BCUT2D eigenvalue weighted by Crippen LogP contribution is -2.40. The molecule has 1 amide bonds. The molecule has 0 aromatic carbocycles. The first-order valence-corrected chi connectivity index (χ1v) is 4.60. The quantitative estimate of drug-likeness (QED) is 0.632. The molecule has 12 heavy (non-hydrogen) atoms. The molecule has 2 unspecified atom stereocenters. The lowest BCUT2D eigenvalue weighted by atomic mass is 10.2. The summed E-state index contributed by atoms with van der Waals surface area (Å²) in [5.41, 5.74) is 0. The molecule has 0 aromatic heterocycles. The van der Waals surface area contributed by atoms with Crippen LogP contribution < -0.4 is 5.32 Å². The fourth-order valence-electron chi connectivity index (χ4n) is 0.785. The summed E-state index contributed by atoms with van der Waals surface area (Å²) in [5, 5.41) is 2.57. The van der Waals surface area contributed by atoms with Gasteiger partial charge in [-0.05, 0) is 13.3 Å². The predicted octanol–water partition coefficient (Wildman–Crippen LogP) is 0.846. The summed E-state index contributed by atoms with van der Waals surface area (Å²) >= 11 is 4.02. The molecule has 0 aliphatic carbocycles. The highest BCUT2D eigenvalue weighted by Crippen LogP contribution is 1.96. The fourth-order valence-corrected chi connectivity index (χ4v) is 0.859. The number of amides is 1. The molecule has 2 atom stereocenters. The molecule has 0 aromatic rings. The Balaban J connectivity index is 3.77. The van der Waals surface area contributed by atoms with Gasteiger partial charge in [0.2, 0.25) is 5.91 Å². The monoisotopic (exact) mass is 191 g/mol. The third-order valence-corrected chi connectivity index (χ3v) is 1.82. The van der Waals surface area contributed by atoms with Gasteiger partial charge in [0.1, 0.15) is 0 Å². The van der Waals surface area contributed by atoms with Crippen molar-refractivity contribution in [1.29, 1.82) is 0 Å². The maximum atomic E-state index is 11.1. The molecule has 0 saturated heterocycles. The minimum Gasteiger partial charge on any atom is -0.383 e. The zero-order valence-corrected chi connectivity index (χ0v) is 8.73. The molecule has 72 valence electrons. The molecule has 0 fully saturated rings. The standard InChI is InChI=1S/C8H17NO2S/c1-4-7(5-11-3)9-8(10)6(2)12/h6-7,12H,4-5H2,1-3H3,(H,9,10). The van der Waals surface area contributed by atoms with Gasteiger partial charge in [0.25, 0.3) is 0 Å². The number of thiol groups is 1. The third kappa shape index (κ3) is 4.62. The highest BCUT2D eigenvalue weighted by molar-refractivity contribution is 7.81. The van der Waals surface area contributed by atoms with E-state index in [1.807, 2.05) is 6.92 Å². The summed E-state index contributed by atoms with van der Waals surface area (Å²) in [4.78, 5) is 11.1. The second-order valence-electron chi connectivity index (χ2n) is 2.75. The fraction of sp³-hybridized carbons (Fsp3) is 0.875. The van der Waals surface area contributed by atoms with E-state index < -0.39 is 0 Å². The summed E-state index contributed by atoms with van der Waals surface area (Å²) in [5.74, 6) is -0.0396. The van der Waals surface area contributed by atoms with Crippen LogP contribution in [0.2, 0.25) is 0 Å². The third-order valence-electron chi connectivity index (χ3n) is 1.59. The SMILES string of the molecule is CCC(COC)NC(=O)C(C)S. The first-order chi connectivity index (χ1) is 5.61. The molecule has 0 aliphatic heterocycles. The first-order valence-electron chi connectivity index (χ1n) is 4.09. The molecular weight excluding hydrogens is 174 g/mol. The number of ether oxygens (including phenoxy) is 1. The van der Waals surface area contributed by atoms with Gasteiger partial charge in [-0.2, -0.15) is 12.6 Å². The van der Waals surface area contributed by atoms with Gasteiger partial charge in [-0.25, -0.2) is 0 Å². The Hall–Kier alpha value is -0.220. The van der Waals surface area contributed by atoms with Crippen LogP contribution >= 0.6 is 12.6 Å². The molecule has 0 bridgehead atoms. The second-order valence-corrected chi connectivity index (χ2v) is 3.52. The smallest absolute Gasteiger partial charge is 0.232 e. The van der Waals surface area contributed by atoms with E-state index in [1.54, 1.807) is 14.0 Å². The lowest BCUT2D eigenvalue weighted by Gasteiger charge is -2.16. The number of hydrogen-bond donors (Lipinski definition) is 2. The molecule has 4 heteroatoms. The van der Waals surface area contributed by atoms with Crippen LogP contribution in [-0.4, -0.2) is 30.9 Å². The lowest BCUT2D eigenvalue weighted by molar-refractivity contribution is -0.121. The molecular formula is C8H17NO2S. The molecule has 0 saturated carbocycles. The van der Waals surface area contributed by atoms with Crippen molar-refractivity contribution in [3.05, 3.63) is 0 Å². The Morgan fingerprint density at radius 1 is 1.67 bits per heavy atom. The van der Waals surface area contributed by atoms with Crippen molar-refractivity contribution in [2.75, 3.05) is 13.7 Å². The van der Waals surface area contributed by atoms with E-state index in [4.69, 9.17) is 4.74 Å². The van der Waals surface area contributed by atoms with Crippen LogP contribution in [0.3, 0.4) is 0 Å². The van der Waals surface area contributed by atoms with Gasteiger partial charge in [-0.15, -0.1) is 0 Å². The number of nitrogens with one attached hydrogen (secondary N) is 1. The number of hydrogen-bond acceptors (Lipinski definition) is 3. The molecule has 0 rings (SSSR count). The van der Waals surface area contributed by atoms with Crippen molar-refractivity contribution in [2.45, 2.75) is 31.6 Å². The van der Waals surface area contributed by atoms with Crippen molar-refractivity contribution >= 4 is 18.5 Å². The van der Waals surface area contributed by atoms with Gasteiger partial charge < -0.3 is 10.1 Å². The van der Waals surface area contributed by atoms with Crippen LogP contribution in [0.1, 0.15) is 20.3 Å². The van der Waals surface area contributed by atoms with Crippen LogP contribution in [0.5, 0.6) is 0 Å². The Bertz CT molecular complexity index is 139. The van der Waals surface area contributed by atoms with Crippen molar-refractivity contribution in [1.82, 2.24) is 5.32 Å². The largest absolute Gasteiger partial charge is 0.383 e. The first kappa shape index (κ1) is 11.8. The Morgan fingerprint density at radius 2 is 2.25 bits per heavy atom. The summed E-state index contributed by atoms with van der Waals surface area (Å²) in [6.07, 6.45) is 0.875. The maximum absolute atomic E-state index is 11.1. The van der Waals surface area contributed by atoms with E-state index in [0.29, 0.717) is 6.61 Å². The zero-order valence-electron chi connectivity index (χ0n) is 7.83. The van der Waals surface area contributed by atoms with Gasteiger partial charge in [0.05, 0.1) is 17.9 Å². The number of carbonyl (C=O) groups is 1. The van der Waals surface area contributed by atoms with Crippen molar-refractivity contribution < 1.29 is 9.53 Å². The van der Waals surface area contributed by atoms with Crippen LogP contribution in [0.25, 0.3) is 0 Å². The maximum Gasteiger partial charge on any atom is 0.232 e. The van der Waals surface area contributed by atoms with Crippen LogP contribution in [0.15, 0.2) is 0 Å². The summed E-state index contributed by atoms with van der Waals surface area (Å²) in [6, 6.07) is 0.108. The van der Waals surface area contributed by atoms with Gasteiger partial charge in [-0.1, -0.05) is 6.92 Å². The minimum atomic E-state index is -0.254. The van der Waals surface area contributed by atoms with E-state index in [9.17, 15) is 4.79 Å². The summed E-state index contributed by atoms with van der Waals surface area (Å²) < 4.78 is 4.94. The van der Waals surface area contributed by atoms with E-state index in [1.165, 1.54) is 0 Å². The number of carbonyl (C=O) groups excluding carboxylic acids is 1. The van der Waals surface area contributed by atoms with Crippen LogP contribution in [0.4, 0.5) is 0 Å². The molecule has 0 aliphatic rings. The van der Waals surface area contributed by atoms with E-state index >= 15 is 0 Å². The van der Waals surface area contributed by atoms with E-state index in [2.05, 4.69) is 17.9 Å². The number of methoxy groups -OCH3 is 1. The highest BCUT2D eigenvalue weighted by atomic mass is 32.1. The molecule has 0 radical (unpaired) electrons. The normalized spacial score (nSPS) is 15.3. The van der Waals surface area contributed by atoms with E-state index in [0.717, 1.165) is 6.42 Å². The Labute approximate surface area is 79.3 Å². The average Bonchev–Trinajstić information content (AvgIpc) is 2.03. The van der Waals surface area contributed by atoms with Crippen molar-refractivity contribution in [3.8, 4) is 0 Å². The predicted molar refractivity (Wildman–Crippen MR) is 52.5 cm³/mol. The summed E-state index contributed by atoms with van der Waals surface area (Å²) in [6.45, 7) is 4.31. The Kier molecular flexibility index (Phi) is 6.20. The van der Waals surface area contributed by atoms with Crippen LogP contribution in [0, 0.1) is 0 Å². The second kappa shape index (κ2) is 6.31. The van der Waals surface area contributed by atoms with Gasteiger partial charge in [0.15, 0.2) is 0 Å². The van der Waals surface area contributed by atoms with E-state index in [-0.39, 0.29) is 17.2 Å². The van der Waals surface area contributed by atoms with Crippen molar-refractivity contribution in [2.24, 2.45) is 0 Å². The Morgan fingerprint density at radius 3 is 2.58 bits per heavy atom.